The summed E-state index contributed by atoms with van der Waals surface area (Å²) in [4.78, 5) is 42.7. The second kappa shape index (κ2) is 35.1. The van der Waals surface area contributed by atoms with Gasteiger partial charge in [0.2, 0.25) is 16.5 Å². The molecule has 19 nitrogen and oxygen atoms in total. The first-order valence-corrected chi connectivity index (χ1v) is 36.9. The maximum Gasteiger partial charge on any atom is 0.410 e. The number of piperidine rings is 2. The van der Waals surface area contributed by atoms with E-state index in [1.165, 1.54) is 54.6 Å². The van der Waals surface area contributed by atoms with Crippen LogP contribution in [-0.4, -0.2) is 123 Å². The Bertz CT molecular complexity index is 4870. The number of fused-ring (bicyclic) bond motifs is 3. The van der Waals surface area contributed by atoms with Crippen molar-refractivity contribution in [1.82, 2.24) is 59.7 Å². The van der Waals surface area contributed by atoms with Crippen LogP contribution in [-0.2, 0) is 20.8 Å². The number of aromatic nitrogens is 10. The second-order valence-corrected chi connectivity index (χ2v) is 28.6. The zero-order chi connectivity index (χ0) is 74.6. The van der Waals surface area contributed by atoms with E-state index < -0.39 is 40.5 Å². The minimum Gasteiger partial charge on any atom is -0.444 e. The van der Waals surface area contributed by atoms with Crippen LogP contribution in [0.15, 0.2) is 151 Å². The Morgan fingerprint density at radius 2 is 1.17 bits per heavy atom. The number of nitrogens with zero attached hydrogens (tertiary/aromatic N) is 12. The minimum atomic E-state index is -0.621. The fourth-order valence-corrected chi connectivity index (χ4v) is 14.0. The highest BCUT2D eigenvalue weighted by molar-refractivity contribution is 14.1. The lowest BCUT2D eigenvalue weighted by Gasteiger charge is -2.32. The van der Waals surface area contributed by atoms with E-state index in [4.69, 9.17) is 48.2 Å². The molecular weight excluding hydrogens is 1520 g/mol. The molecule has 4 fully saturated rings. The van der Waals surface area contributed by atoms with E-state index >= 15 is 0 Å². The maximum atomic E-state index is 14.4. The molecule has 4 saturated heterocycles. The number of ether oxygens (including phenoxy) is 3. The highest BCUT2D eigenvalue weighted by Crippen LogP contribution is 2.39. The van der Waals surface area contributed by atoms with E-state index in [0.29, 0.717) is 76.1 Å². The third kappa shape index (κ3) is 19.0. The molecule has 10 heterocycles. The number of carbonyl (C=O) groups excluding carboxylic acids is 1. The molecule has 4 atom stereocenters. The molecule has 552 valence electrons. The molecule has 0 radical (unpaired) electrons. The van der Waals surface area contributed by atoms with E-state index in [1.807, 2.05) is 61.3 Å². The zero-order valence-corrected chi connectivity index (χ0v) is 62.3. The van der Waals surface area contributed by atoms with Gasteiger partial charge in [-0.05, 0) is 251 Å². The van der Waals surface area contributed by atoms with Gasteiger partial charge in [-0.2, -0.15) is 10.2 Å². The molecule has 5 aromatic heterocycles. The molecule has 6 aromatic carbocycles. The van der Waals surface area contributed by atoms with Crippen LogP contribution in [0.3, 0.4) is 0 Å². The van der Waals surface area contributed by atoms with Crippen molar-refractivity contribution in [3.63, 3.8) is 0 Å². The first-order chi connectivity index (χ1) is 51.1. The van der Waals surface area contributed by atoms with Crippen LogP contribution >= 0.6 is 45.8 Å². The van der Waals surface area contributed by atoms with Gasteiger partial charge >= 0.3 is 6.09 Å². The topological polar surface area (TPSA) is 223 Å². The standard InChI is InChI=1S/C23H21F2N5.C22H17ClF2N4O.C18H15F2IN2O.C10H20N2O2.C5H5ClN2/c24-18-4-1-5-19(25)21(18)14-6-7-15-12-28-22(17(15)11-14)20-8-10-27-23(30-20)29-16-3-2-9-26-13-16;23-22-26-10-9-17(27-22)21-14-12-13(20-15(24)4-3-5-16(20)25)7-8-18(14)29(28-21)19-6-1-2-11-30-19;19-13-4-3-5-14(20)17(13)11-7-8-15-12(10-11)18(21)22-23(15)16-6-1-2-9-24-16;1-10(2,3)14-9(13)12-6-4-5-8(11)7-12;1-4-2-3-7-5(6)8-4/h1,4-8,10-11,16,26H,2-3,9,12-13H2,(H,27,29,30);3-5,7-10,12,19H,1-2,6,11H2;3-5,7-8,10,16H,1-2,6,9H2;8H,4-7,11H2,1-3H3;2-3H,1H3/t16-;;;8-;/m1..1./s1. The molecule has 4 N–H and O–H groups in total. The number of halogens is 9. The van der Waals surface area contributed by atoms with E-state index in [0.717, 1.165) is 133 Å². The third-order valence-electron chi connectivity index (χ3n) is 18.0. The summed E-state index contributed by atoms with van der Waals surface area (Å²) < 4.78 is 107. The lowest BCUT2D eigenvalue weighted by molar-refractivity contribution is -0.0369. The van der Waals surface area contributed by atoms with Gasteiger partial charge in [0.1, 0.15) is 49.9 Å². The Labute approximate surface area is 632 Å². The molecule has 5 aliphatic rings. The Morgan fingerprint density at radius 3 is 1.71 bits per heavy atom. The fourth-order valence-electron chi connectivity index (χ4n) is 13.0. The average molecular weight is 1600 g/mol. The summed E-state index contributed by atoms with van der Waals surface area (Å²) >= 11 is 13.6. The van der Waals surface area contributed by atoms with Crippen molar-refractivity contribution in [2.45, 2.75) is 129 Å². The number of hydrogen-bond donors (Lipinski definition) is 3. The Hall–Kier alpha value is -9.03. The quantitative estimate of drug-likeness (QED) is 0.0694. The van der Waals surface area contributed by atoms with Crippen molar-refractivity contribution in [3.05, 3.63) is 218 Å². The van der Waals surface area contributed by atoms with Crippen molar-refractivity contribution < 1.29 is 45.3 Å². The molecule has 2 unspecified atom stereocenters. The Kier molecular flexibility index (Phi) is 25.4. The van der Waals surface area contributed by atoms with E-state index in [2.05, 4.69) is 73.2 Å². The lowest BCUT2D eigenvalue weighted by atomic mass is 9.96. The second-order valence-electron chi connectivity index (χ2n) is 26.9. The van der Waals surface area contributed by atoms with E-state index in [-0.39, 0.29) is 46.6 Å². The lowest BCUT2D eigenvalue weighted by Crippen LogP contribution is -2.47. The van der Waals surface area contributed by atoms with Crippen molar-refractivity contribution >= 4 is 85.4 Å². The van der Waals surface area contributed by atoms with E-state index in [9.17, 15) is 31.1 Å². The fraction of sp³-hybridized carbons (Fsp3) is 0.333. The molecule has 5 aliphatic heterocycles. The SMILES string of the molecule is CC(C)(C)OC(=O)N1CCC[C@@H](N)C1.Cc1ccnc(Cl)n1.Fc1cccc(F)c1-c1ccc2c(c1)C(c1ccnc(N[C@@H]3CCCNC3)n1)=NC2.Fc1cccc(F)c1-c1ccc2c(c1)c(-c1ccnc(Cl)n1)nn2C1CCCCO1.Fc1cccc(F)c1-c1ccc2c(c1)c(I)nn2C1CCCCO1. The normalized spacial score (nSPS) is 17.8. The maximum absolute atomic E-state index is 14.4. The van der Waals surface area contributed by atoms with Gasteiger partial charge in [0.05, 0.1) is 51.4 Å². The van der Waals surface area contributed by atoms with Gasteiger partial charge in [0.15, 0.2) is 12.5 Å². The molecule has 16 rings (SSSR count). The number of nitrogens with one attached hydrogen (secondary N) is 2. The molecule has 0 spiro atoms. The number of benzene rings is 6. The Morgan fingerprint density at radius 1 is 0.623 bits per heavy atom. The predicted molar refractivity (Wildman–Crippen MR) is 406 cm³/mol. The van der Waals surface area contributed by atoms with Gasteiger partial charge in [-0.15, -0.1) is 0 Å². The van der Waals surface area contributed by atoms with Crippen LogP contribution in [0.4, 0.5) is 37.1 Å². The summed E-state index contributed by atoms with van der Waals surface area (Å²) in [6, 6.07) is 33.4. The van der Waals surface area contributed by atoms with Crippen molar-refractivity contribution in [2.75, 3.05) is 44.7 Å². The summed E-state index contributed by atoms with van der Waals surface area (Å²) in [7, 11) is 0. The molecule has 28 heteroatoms. The van der Waals surface area contributed by atoms with Gasteiger partial charge in [0, 0.05) is 85.6 Å². The van der Waals surface area contributed by atoms with Gasteiger partial charge in [0.25, 0.3) is 0 Å². The summed E-state index contributed by atoms with van der Waals surface area (Å²) in [5.74, 6) is -2.97. The van der Waals surface area contributed by atoms with Gasteiger partial charge < -0.3 is 35.5 Å². The van der Waals surface area contributed by atoms with Crippen molar-refractivity contribution in [1.29, 1.82) is 0 Å². The molecule has 11 aromatic rings. The predicted octanol–water partition coefficient (Wildman–Crippen LogP) is 17.8. The number of aliphatic imine (C=N–C) groups is 1. The largest absolute Gasteiger partial charge is 0.444 e. The smallest absolute Gasteiger partial charge is 0.410 e. The molecule has 1 amide bonds. The number of likely N-dealkylation sites (tertiary alicyclic amines) is 1. The van der Waals surface area contributed by atoms with Crippen LogP contribution in [0.25, 0.3) is 66.6 Å². The number of carbonyl (C=O) groups is 1. The number of rotatable bonds is 9. The number of hydrogen-bond acceptors (Lipinski definition) is 16. The van der Waals surface area contributed by atoms with E-state index in [1.54, 1.807) is 72.0 Å². The molecule has 106 heavy (non-hydrogen) atoms. The summed E-state index contributed by atoms with van der Waals surface area (Å²) in [5.41, 5.74) is 13.6. The van der Waals surface area contributed by atoms with Crippen LogP contribution < -0.4 is 16.4 Å². The molecule has 0 bridgehead atoms. The zero-order valence-electron chi connectivity index (χ0n) is 58.7. The first kappa shape index (κ1) is 76.6. The van der Waals surface area contributed by atoms with Crippen LogP contribution in [0, 0.1) is 45.5 Å². The highest BCUT2D eigenvalue weighted by Gasteiger charge is 2.29. The number of anilines is 1. The molecule has 0 saturated carbocycles. The third-order valence-corrected chi connectivity index (χ3v) is 19.2. The minimum absolute atomic E-state index is 0.00290. The Balaban J connectivity index is 0.000000131. The van der Waals surface area contributed by atoms with Crippen LogP contribution in [0.2, 0.25) is 10.6 Å². The van der Waals surface area contributed by atoms with Crippen molar-refractivity contribution in [3.8, 4) is 44.8 Å². The highest BCUT2D eigenvalue weighted by atomic mass is 127. The average Bonchev–Trinajstić information content (AvgIpc) is 1.60. The first-order valence-electron chi connectivity index (χ1n) is 35.1. The number of nitrogens with two attached hydrogens (primary N) is 1. The van der Waals surface area contributed by atoms with Gasteiger partial charge in [-0.3, -0.25) is 4.99 Å². The van der Waals surface area contributed by atoms with Gasteiger partial charge in [-0.25, -0.2) is 70.4 Å². The van der Waals surface area contributed by atoms with Crippen LogP contribution in [0.1, 0.15) is 120 Å². The van der Waals surface area contributed by atoms with Crippen molar-refractivity contribution in [2.24, 2.45) is 10.7 Å². The number of aryl methyl sites for hydroxylation is 1. The summed E-state index contributed by atoms with van der Waals surface area (Å²) in [6.45, 7) is 12.7. The monoisotopic (exact) mass is 1600 g/mol. The molecular formula is C78H78Cl2F6IN15O4. The summed E-state index contributed by atoms with van der Waals surface area (Å²) in [6.07, 6.45) is 14.5. The number of amides is 1. The van der Waals surface area contributed by atoms with Gasteiger partial charge in [-0.1, -0.05) is 42.5 Å². The summed E-state index contributed by atoms with van der Waals surface area (Å²) in [5, 5.41) is 18.1. The van der Waals surface area contributed by atoms with Crippen LogP contribution in [0.5, 0.6) is 0 Å². The molecule has 0 aliphatic carbocycles.